The Balaban J connectivity index is 1.25. The summed E-state index contributed by atoms with van der Waals surface area (Å²) in [5.41, 5.74) is 6.12. The first-order chi connectivity index (χ1) is 18.0. The van der Waals surface area contributed by atoms with E-state index in [0.717, 1.165) is 48.3 Å². The topological polar surface area (TPSA) is 99.0 Å². The van der Waals surface area contributed by atoms with Gasteiger partial charge >= 0.3 is 0 Å². The summed E-state index contributed by atoms with van der Waals surface area (Å²) in [7, 11) is 1.93. The third-order valence-electron chi connectivity index (χ3n) is 6.42. The van der Waals surface area contributed by atoms with Crippen LogP contribution in [0.25, 0.3) is 10.3 Å². The van der Waals surface area contributed by atoms with E-state index in [-0.39, 0.29) is 6.04 Å². The van der Waals surface area contributed by atoms with Gasteiger partial charge in [0.2, 0.25) is 11.8 Å². The van der Waals surface area contributed by atoms with Gasteiger partial charge in [0.15, 0.2) is 5.65 Å². The summed E-state index contributed by atoms with van der Waals surface area (Å²) < 4.78 is 10.2. The average molecular weight is 532 g/mol. The van der Waals surface area contributed by atoms with Crippen molar-refractivity contribution in [1.82, 2.24) is 24.6 Å². The molecule has 10 heteroatoms. The molecule has 0 amide bonds. The second-order valence-electron chi connectivity index (χ2n) is 9.16. The first-order valence-electron chi connectivity index (χ1n) is 12.2. The second kappa shape index (κ2) is 11.4. The predicted molar refractivity (Wildman–Crippen MR) is 149 cm³/mol. The number of ether oxygens (including phenoxy) is 1. The molecule has 2 aromatic carbocycles. The van der Waals surface area contributed by atoms with Gasteiger partial charge in [-0.2, -0.15) is 15.2 Å². The summed E-state index contributed by atoms with van der Waals surface area (Å²) in [6.45, 7) is 6.86. The Kier molecular flexibility index (Phi) is 7.86. The quantitative estimate of drug-likeness (QED) is 0.279. The van der Waals surface area contributed by atoms with Crippen molar-refractivity contribution in [1.29, 1.82) is 5.26 Å². The molecule has 190 valence electrons. The zero-order chi connectivity index (χ0) is 25.8. The number of nitrogens with one attached hydrogen (secondary N) is 2. The fourth-order valence-electron chi connectivity index (χ4n) is 4.60. The van der Waals surface area contributed by atoms with Gasteiger partial charge in [-0.05, 0) is 86.6 Å². The third kappa shape index (κ3) is 6.02. The molecule has 0 unspecified atom stereocenters. The Morgan fingerprint density at radius 1 is 1.14 bits per heavy atom. The number of aromatic nitrogens is 3. The molecule has 0 radical (unpaired) electrons. The number of likely N-dealkylation sites (tertiary alicyclic amines) is 1. The van der Waals surface area contributed by atoms with Gasteiger partial charge < -0.3 is 10.1 Å². The van der Waals surface area contributed by atoms with Gasteiger partial charge in [-0.15, -0.1) is 11.3 Å². The van der Waals surface area contributed by atoms with Crippen LogP contribution in [0.5, 0.6) is 11.6 Å². The number of piperidine rings is 1. The summed E-state index contributed by atoms with van der Waals surface area (Å²) in [4.78, 5) is 17.5. The van der Waals surface area contributed by atoms with Crippen molar-refractivity contribution in [2.75, 3.05) is 25.5 Å². The van der Waals surface area contributed by atoms with Crippen LogP contribution in [-0.4, -0.2) is 46.0 Å². The largest absolute Gasteiger partial charge is 0.437 e. The van der Waals surface area contributed by atoms with Crippen LogP contribution in [0, 0.1) is 25.2 Å². The maximum Gasteiger partial charge on any atom is 0.243 e. The summed E-state index contributed by atoms with van der Waals surface area (Å²) in [6.07, 6.45) is 2.02. The molecular formula is C27H29N7OS2. The standard InChI is InChI=1S/C27H29N7OS2/c1-17-12-20(14-28)13-18(2)23(17)35-26-24-25(30-16-36-24)32-27(33-26)31-21-8-10-34(11-9-21)15-19-4-6-22(7-5-19)37-29-3/h4-7,12-13,16,21,29H,8-11,15H2,1-3H3,(H,31,32,33). The third-order valence-corrected chi connectivity index (χ3v) is 7.94. The summed E-state index contributed by atoms with van der Waals surface area (Å²) >= 11 is 3.09. The minimum atomic E-state index is 0.285. The summed E-state index contributed by atoms with van der Waals surface area (Å²) in [5, 5.41) is 12.8. The number of fused-ring (bicyclic) bond motifs is 1. The lowest BCUT2D eigenvalue weighted by Gasteiger charge is -2.32. The zero-order valence-electron chi connectivity index (χ0n) is 21.1. The summed E-state index contributed by atoms with van der Waals surface area (Å²) in [5.74, 6) is 1.74. The first-order valence-corrected chi connectivity index (χ1v) is 13.9. The normalized spacial score (nSPS) is 14.5. The molecule has 5 rings (SSSR count). The molecule has 4 aromatic rings. The average Bonchev–Trinajstić information content (AvgIpc) is 3.37. The van der Waals surface area contributed by atoms with Crippen molar-refractivity contribution < 1.29 is 4.74 Å². The van der Waals surface area contributed by atoms with E-state index in [1.807, 2.05) is 33.0 Å². The monoisotopic (exact) mass is 531 g/mol. The van der Waals surface area contributed by atoms with Gasteiger partial charge in [-0.25, -0.2) is 4.98 Å². The Morgan fingerprint density at radius 3 is 2.54 bits per heavy atom. The second-order valence-corrected chi connectivity index (χ2v) is 11.1. The van der Waals surface area contributed by atoms with E-state index in [9.17, 15) is 5.26 Å². The molecule has 2 aromatic heterocycles. The Hall–Kier alpha value is -3.23. The number of anilines is 1. The van der Waals surface area contributed by atoms with Crippen LogP contribution in [-0.2, 0) is 6.54 Å². The van der Waals surface area contributed by atoms with Gasteiger partial charge in [0, 0.05) is 30.6 Å². The number of aryl methyl sites for hydroxylation is 2. The van der Waals surface area contributed by atoms with E-state index in [1.54, 1.807) is 17.5 Å². The number of benzene rings is 2. The number of nitriles is 1. The van der Waals surface area contributed by atoms with Crippen molar-refractivity contribution >= 4 is 39.6 Å². The predicted octanol–water partition coefficient (Wildman–Crippen LogP) is 5.67. The van der Waals surface area contributed by atoms with Crippen molar-refractivity contribution in [2.45, 2.75) is 44.2 Å². The number of thiazole rings is 1. The molecule has 37 heavy (non-hydrogen) atoms. The number of rotatable bonds is 8. The van der Waals surface area contributed by atoms with Crippen LogP contribution in [0.15, 0.2) is 46.8 Å². The number of nitrogens with zero attached hydrogens (tertiary/aromatic N) is 5. The van der Waals surface area contributed by atoms with Gasteiger partial charge in [-0.3, -0.25) is 9.62 Å². The van der Waals surface area contributed by atoms with Crippen LogP contribution in [0.3, 0.4) is 0 Å². The lowest BCUT2D eigenvalue weighted by atomic mass is 10.0. The SMILES string of the molecule is CNSc1ccc(CN2CCC(Nc3nc(Oc4c(C)cc(C#N)cc4C)c4scnc4n3)CC2)cc1. The Morgan fingerprint density at radius 2 is 1.86 bits per heavy atom. The molecule has 0 atom stereocenters. The van der Waals surface area contributed by atoms with E-state index >= 15 is 0 Å². The molecule has 2 N–H and O–H groups in total. The molecule has 0 spiro atoms. The lowest BCUT2D eigenvalue weighted by Crippen LogP contribution is -2.39. The molecule has 0 bridgehead atoms. The van der Waals surface area contributed by atoms with Gasteiger partial charge in [-0.1, -0.05) is 12.1 Å². The Labute approximate surface area is 225 Å². The van der Waals surface area contributed by atoms with Crippen molar-refractivity contribution in [3.8, 4) is 17.7 Å². The molecule has 0 aliphatic carbocycles. The molecular weight excluding hydrogens is 502 g/mol. The highest BCUT2D eigenvalue weighted by Crippen LogP contribution is 2.35. The van der Waals surface area contributed by atoms with Crippen LogP contribution in [0.2, 0.25) is 0 Å². The van der Waals surface area contributed by atoms with Crippen molar-refractivity contribution in [3.05, 3.63) is 64.2 Å². The zero-order valence-corrected chi connectivity index (χ0v) is 22.7. The van der Waals surface area contributed by atoms with Gasteiger partial charge in [0.1, 0.15) is 10.4 Å². The summed E-state index contributed by atoms with van der Waals surface area (Å²) in [6, 6.07) is 14.9. The maximum absolute atomic E-state index is 9.26. The van der Waals surface area contributed by atoms with E-state index < -0.39 is 0 Å². The first kappa shape index (κ1) is 25.4. The van der Waals surface area contributed by atoms with Crippen LogP contribution in [0.4, 0.5) is 5.95 Å². The minimum absolute atomic E-state index is 0.285. The highest BCUT2D eigenvalue weighted by atomic mass is 32.2. The number of hydrogen-bond acceptors (Lipinski definition) is 10. The Bertz CT molecular complexity index is 1400. The highest BCUT2D eigenvalue weighted by Gasteiger charge is 2.22. The smallest absolute Gasteiger partial charge is 0.243 e. The molecule has 0 saturated carbocycles. The van der Waals surface area contributed by atoms with Crippen molar-refractivity contribution in [2.24, 2.45) is 0 Å². The van der Waals surface area contributed by atoms with E-state index in [0.29, 0.717) is 28.8 Å². The molecule has 8 nitrogen and oxygen atoms in total. The van der Waals surface area contributed by atoms with Crippen LogP contribution in [0.1, 0.15) is 35.1 Å². The molecule has 1 saturated heterocycles. The molecule has 1 fully saturated rings. The fraction of sp³-hybridized carbons (Fsp3) is 0.333. The maximum atomic E-state index is 9.26. The van der Waals surface area contributed by atoms with Gasteiger partial charge in [0.25, 0.3) is 0 Å². The van der Waals surface area contributed by atoms with E-state index in [2.05, 4.69) is 55.2 Å². The van der Waals surface area contributed by atoms with Crippen LogP contribution >= 0.6 is 23.3 Å². The lowest BCUT2D eigenvalue weighted by molar-refractivity contribution is 0.211. The van der Waals surface area contributed by atoms with Gasteiger partial charge in [0.05, 0.1) is 17.1 Å². The highest BCUT2D eigenvalue weighted by molar-refractivity contribution is 7.97. The minimum Gasteiger partial charge on any atom is -0.437 e. The van der Waals surface area contributed by atoms with E-state index in [4.69, 9.17) is 9.72 Å². The molecule has 3 heterocycles. The molecule has 1 aliphatic heterocycles. The number of hydrogen-bond donors (Lipinski definition) is 2. The fourth-order valence-corrected chi connectivity index (χ4v) is 5.76. The van der Waals surface area contributed by atoms with Crippen LogP contribution < -0.4 is 14.8 Å². The van der Waals surface area contributed by atoms with Crippen molar-refractivity contribution in [3.63, 3.8) is 0 Å². The molecule has 1 aliphatic rings. The van der Waals surface area contributed by atoms with E-state index in [1.165, 1.54) is 21.8 Å².